The maximum atomic E-state index is 11.7. The maximum absolute atomic E-state index is 11.7. The van der Waals surface area contributed by atoms with Crippen LogP contribution in [0.2, 0.25) is 0 Å². The fourth-order valence-corrected chi connectivity index (χ4v) is 1.36. The van der Waals surface area contributed by atoms with Crippen LogP contribution in [-0.4, -0.2) is 16.0 Å². The van der Waals surface area contributed by atoms with Gasteiger partial charge < -0.3 is 15.4 Å². The molecule has 5 nitrogen and oxygen atoms in total. The van der Waals surface area contributed by atoms with Gasteiger partial charge in [-0.05, 0) is 18.2 Å². The summed E-state index contributed by atoms with van der Waals surface area (Å²) < 4.78 is 0. The van der Waals surface area contributed by atoms with E-state index in [1.54, 1.807) is 18.2 Å². The molecule has 0 atom stereocenters. The van der Waals surface area contributed by atoms with Crippen molar-refractivity contribution in [2.75, 3.05) is 5.32 Å². The summed E-state index contributed by atoms with van der Waals surface area (Å²) >= 11 is 0. The molecule has 86 valence electrons. The molecule has 0 unspecified atom stereocenters. The molecule has 0 radical (unpaired) electrons. The van der Waals surface area contributed by atoms with E-state index in [9.17, 15) is 14.7 Å². The van der Waals surface area contributed by atoms with Crippen LogP contribution in [0.5, 0.6) is 5.75 Å². The van der Waals surface area contributed by atoms with Gasteiger partial charge in [-0.15, -0.1) is 0 Å². The molecule has 2 aromatic rings. The lowest BCUT2D eigenvalue weighted by Crippen LogP contribution is -2.15. The number of carbonyl (C=O) groups is 1. The molecule has 2 rings (SSSR count). The largest absolute Gasteiger partial charge is 0.506 e. The zero-order valence-electron chi connectivity index (χ0n) is 8.81. The molecule has 1 aromatic heterocycles. The van der Waals surface area contributed by atoms with Gasteiger partial charge in [0.2, 0.25) is 5.56 Å². The SMILES string of the molecule is O=C(Nc1ccccc1O)c1cc[nH]c(=O)c1. The van der Waals surface area contributed by atoms with Crippen molar-refractivity contribution in [3.8, 4) is 5.75 Å². The number of carbonyl (C=O) groups excluding carboxylic acids is 1. The van der Waals surface area contributed by atoms with Crippen LogP contribution in [0.3, 0.4) is 0 Å². The molecule has 0 aliphatic carbocycles. The molecule has 1 amide bonds. The zero-order valence-corrected chi connectivity index (χ0v) is 8.81. The van der Waals surface area contributed by atoms with Crippen LogP contribution in [-0.2, 0) is 0 Å². The molecular weight excluding hydrogens is 220 g/mol. The number of para-hydroxylation sites is 2. The Bertz CT molecular complexity index is 604. The number of pyridine rings is 1. The van der Waals surface area contributed by atoms with E-state index >= 15 is 0 Å². The van der Waals surface area contributed by atoms with Crippen molar-refractivity contribution in [1.29, 1.82) is 0 Å². The van der Waals surface area contributed by atoms with Crippen molar-refractivity contribution in [3.63, 3.8) is 0 Å². The van der Waals surface area contributed by atoms with Crippen molar-refractivity contribution in [3.05, 3.63) is 58.5 Å². The minimum absolute atomic E-state index is 0.0225. The summed E-state index contributed by atoms with van der Waals surface area (Å²) in [6, 6.07) is 9.05. The minimum Gasteiger partial charge on any atom is -0.506 e. The van der Waals surface area contributed by atoms with E-state index in [-0.39, 0.29) is 16.9 Å². The molecule has 17 heavy (non-hydrogen) atoms. The fourth-order valence-electron chi connectivity index (χ4n) is 1.36. The van der Waals surface area contributed by atoms with Gasteiger partial charge in [0.1, 0.15) is 5.75 Å². The van der Waals surface area contributed by atoms with E-state index in [1.165, 1.54) is 24.4 Å². The third kappa shape index (κ3) is 2.52. The zero-order chi connectivity index (χ0) is 12.3. The number of phenols is 1. The Morgan fingerprint density at radius 1 is 1.24 bits per heavy atom. The van der Waals surface area contributed by atoms with Crippen LogP contribution < -0.4 is 10.9 Å². The average Bonchev–Trinajstić information content (AvgIpc) is 2.32. The summed E-state index contributed by atoms with van der Waals surface area (Å²) in [5, 5.41) is 12.0. The number of amides is 1. The maximum Gasteiger partial charge on any atom is 0.256 e. The first-order valence-electron chi connectivity index (χ1n) is 4.95. The number of benzene rings is 1. The molecule has 0 fully saturated rings. The van der Waals surface area contributed by atoms with Crippen LogP contribution in [0.4, 0.5) is 5.69 Å². The summed E-state index contributed by atoms with van der Waals surface area (Å²) in [5.41, 5.74) is 0.185. The number of hydrogen-bond donors (Lipinski definition) is 3. The standard InChI is InChI=1S/C12H10N2O3/c15-10-4-2-1-3-9(10)14-12(17)8-5-6-13-11(16)7-8/h1-7,15H,(H,13,16)(H,14,17). The third-order valence-corrected chi connectivity index (χ3v) is 2.19. The Hall–Kier alpha value is -2.56. The second kappa shape index (κ2) is 4.52. The van der Waals surface area contributed by atoms with E-state index in [1.807, 2.05) is 0 Å². The predicted molar refractivity (Wildman–Crippen MR) is 63.1 cm³/mol. The van der Waals surface area contributed by atoms with Gasteiger partial charge in [0.05, 0.1) is 5.69 Å². The molecule has 1 aromatic carbocycles. The highest BCUT2D eigenvalue weighted by Crippen LogP contribution is 2.21. The highest BCUT2D eigenvalue weighted by atomic mass is 16.3. The van der Waals surface area contributed by atoms with E-state index in [4.69, 9.17) is 0 Å². The number of aromatic hydroxyl groups is 1. The van der Waals surface area contributed by atoms with Gasteiger partial charge in [-0.2, -0.15) is 0 Å². The Morgan fingerprint density at radius 3 is 2.71 bits per heavy atom. The molecule has 0 aliphatic rings. The lowest BCUT2D eigenvalue weighted by atomic mass is 10.2. The average molecular weight is 230 g/mol. The van der Waals surface area contributed by atoms with Crippen LogP contribution in [0, 0.1) is 0 Å². The Kier molecular flexibility index (Phi) is 2.91. The van der Waals surface area contributed by atoms with Crippen molar-refractivity contribution in [2.45, 2.75) is 0 Å². The first-order chi connectivity index (χ1) is 8.16. The van der Waals surface area contributed by atoms with E-state index in [0.717, 1.165) is 0 Å². The first-order valence-corrected chi connectivity index (χ1v) is 4.95. The number of hydrogen-bond acceptors (Lipinski definition) is 3. The van der Waals surface area contributed by atoms with Gasteiger partial charge in [-0.25, -0.2) is 0 Å². The van der Waals surface area contributed by atoms with Crippen LogP contribution >= 0.6 is 0 Å². The molecule has 0 bridgehead atoms. The number of aromatic amines is 1. The number of phenolic OH excluding ortho intramolecular Hbond substituents is 1. The summed E-state index contributed by atoms with van der Waals surface area (Å²) in [7, 11) is 0. The molecular formula is C12H10N2O3. The van der Waals surface area contributed by atoms with Gasteiger partial charge in [-0.3, -0.25) is 9.59 Å². The van der Waals surface area contributed by atoms with Gasteiger partial charge in [-0.1, -0.05) is 12.1 Å². The van der Waals surface area contributed by atoms with E-state index in [0.29, 0.717) is 5.69 Å². The van der Waals surface area contributed by atoms with Crippen LogP contribution in [0.1, 0.15) is 10.4 Å². The summed E-state index contributed by atoms with van der Waals surface area (Å²) in [6.45, 7) is 0. The molecule has 1 heterocycles. The van der Waals surface area contributed by atoms with Crippen LogP contribution in [0.25, 0.3) is 0 Å². The highest BCUT2D eigenvalue weighted by molar-refractivity contribution is 6.04. The second-order valence-electron chi connectivity index (χ2n) is 3.41. The Labute approximate surface area is 96.7 Å². The number of nitrogens with one attached hydrogen (secondary N) is 2. The molecule has 0 saturated carbocycles. The molecule has 0 aliphatic heterocycles. The summed E-state index contributed by atoms with van der Waals surface area (Å²) in [6.07, 6.45) is 1.39. The predicted octanol–water partition coefficient (Wildman–Crippen LogP) is 1.33. The first kappa shape index (κ1) is 10.9. The van der Waals surface area contributed by atoms with E-state index < -0.39 is 5.91 Å². The quantitative estimate of drug-likeness (QED) is 0.681. The molecule has 5 heteroatoms. The second-order valence-corrected chi connectivity index (χ2v) is 3.41. The number of aromatic nitrogens is 1. The van der Waals surface area contributed by atoms with Gasteiger partial charge in [0.25, 0.3) is 5.91 Å². The van der Waals surface area contributed by atoms with Gasteiger partial charge >= 0.3 is 0 Å². The number of anilines is 1. The highest BCUT2D eigenvalue weighted by Gasteiger charge is 2.08. The van der Waals surface area contributed by atoms with Crippen molar-refractivity contribution in [1.82, 2.24) is 4.98 Å². The monoisotopic (exact) mass is 230 g/mol. The molecule has 0 saturated heterocycles. The lowest BCUT2D eigenvalue weighted by Gasteiger charge is -2.06. The number of H-pyrrole nitrogens is 1. The normalized spacial score (nSPS) is 9.88. The lowest BCUT2D eigenvalue weighted by molar-refractivity contribution is 0.102. The van der Waals surface area contributed by atoms with Crippen molar-refractivity contribution >= 4 is 11.6 Å². The summed E-state index contributed by atoms with van der Waals surface area (Å²) in [5.74, 6) is -0.469. The van der Waals surface area contributed by atoms with Gasteiger partial charge in [0.15, 0.2) is 0 Å². The summed E-state index contributed by atoms with van der Waals surface area (Å²) in [4.78, 5) is 25.2. The fraction of sp³-hybridized carbons (Fsp3) is 0. The van der Waals surface area contributed by atoms with Crippen molar-refractivity contribution < 1.29 is 9.90 Å². The molecule has 3 N–H and O–H groups in total. The molecule has 0 spiro atoms. The van der Waals surface area contributed by atoms with E-state index in [2.05, 4.69) is 10.3 Å². The van der Waals surface area contributed by atoms with Crippen molar-refractivity contribution in [2.24, 2.45) is 0 Å². The third-order valence-electron chi connectivity index (χ3n) is 2.19. The smallest absolute Gasteiger partial charge is 0.256 e. The minimum atomic E-state index is -0.447. The number of rotatable bonds is 2. The Balaban J connectivity index is 2.23. The van der Waals surface area contributed by atoms with Gasteiger partial charge in [0, 0.05) is 17.8 Å². The Morgan fingerprint density at radius 2 is 2.00 bits per heavy atom. The topological polar surface area (TPSA) is 82.2 Å². The van der Waals surface area contributed by atoms with Crippen LogP contribution in [0.15, 0.2) is 47.4 Å².